The molecule has 1 heterocycles. The van der Waals surface area contributed by atoms with Crippen LogP contribution >= 0.6 is 11.6 Å². The minimum absolute atomic E-state index is 0.231. The van der Waals surface area contributed by atoms with Crippen LogP contribution in [0.2, 0.25) is 5.02 Å². The average molecular weight is 281 g/mol. The average Bonchev–Trinajstić information content (AvgIpc) is 2.37. The van der Waals surface area contributed by atoms with Crippen molar-refractivity contribution in [3.05, 3.63) is 34.9 Å². The zero-order valence-electron chi connectivity index (χ0n) is 11.3. The first-order valence-electron chi connectivity index (χ1n) is 6.86. The molecule has 4 heteroatoms. The summed E-state index contributed by atoms with van der Waals surface area (Å²) in [7, 11) is 0. The van der Waals surface area contributed by atoms with Gasteiger partial charge in [0.2, 0.25) is 5.91 Å². The molecule has 1 saturated heterocycles. The second-order valence-electron chi connectivity index (χ2n) is 5.35. The summed E-state index contributed by atoms with van der Waals surface area (Å²) in [6.07, 6.45) is 3.15. The fraction of sp³-hybridized carbons (Fsp3) is 0.533. The third kappa shape index (κ3) is 3.95. The van der Waals surface area contributed by atoms with Gasteiger partial charge >= 0.3 is 0 Å². The van der Waals surface area contributed by atoms with Crippen molar-refractivity contribution in [2.24, 2.45) is 5.73 Å². The predicted octanol–water partition coefficient (Wildman–Crippen LogP) is 2.61. The lowest BCUT2D eigenvalue weighted by Gasteiger charge is -2.36. The number of carbonyl (C=O) groups is 1. The maximum Gasteiger partial charge on any atom is 0.223 e. The van der Waals surface area contributed by atoms with E-state index < -0.39 is 0 Å². The van der Waals surface area contributed by atoms with Crippen LogP contribution in [0.5, 0.6) is 0 Å². The van der Waals surface area contributed by atoms with Gasteiger partial charge in [0.1, 0.15) is 0 Å². The summed E-state index contributed by atoms with van der Waals surface area (Å²) in [5, 5.41) is 0.730. The highest BCUT2D eigenvalue weighted by atomic mass is 35.5. The van der Waals surface area contributed by atoms with Crippen LogP contribution in [0.3, 0.4) is 0 Å². The first-order chi connectivity index (χ1) is 9.06. The number of halogens is 1. The molecule has 0 aliphatic carbocycles. The second kappa shape index (κ2) is 6.40. The molecule has 0 radical (unpaired) electrons. The van der Waals surface area contributed by atoms with E-state index >= 15 is 0 Å². The van der Waals surface area contributed by atoms with Crippen LogP contribution < -0.4 is 5.73 Å². The Balaban J connectivity index is 1.85. The molecule has 0 unspecified atom stereocenters. The van der Waals surface area contributed by atoms with E-state index in [-0.39, 0.29) is 18.0 Å². The summed E-state index contributed by atoms with van der Waals surface area (Å²) in [5.41, 5.74) is 7.07. The number of hydrogen-bond acceptors (Lipinski definition) is 2. The van der Waals surface area contributed by atoms with E-state index in [4.69, 9.17) is 17.3 Å². The third-order valence-corrected chi connectivity index (χ3v) is 4.03. The van der Waals surface area contributed by atoms with E-state index in [9.17, 15) is 4.79 Å². The SMILES string of the molecule is C[C@H]1C[C@H](N)CCN1C(=O)CCc1ccc(Cl)cc1. The molecule has 0 spiro atoms. The van der Waals surface area contributed by atoms with Gasteiger partial charge in [0.05, 0.1) is 0 Å². The van der Waals surface area contributed by atoms with Crippen molar-refractivity contribution in [1.82, 2.24) is 4.90 Å². The molecule has 1 amide bonds. The maximum atomic E-state index is 12.2. The number of piperidine rings is 1. The number of aryl methyl sites for hydroxylation is 1. The summed E-state index contributed by atoms with van der Waals surface area (Å²) in [6, 6.07) is 8.20. The number of rotatable bonds is 3. The number of nitrogens with zero attached hydrogens (tertiary/aromatic N) is 1. The third-order valence-electron chi connectivity index (χ3n) is 3.78. The molecule has 1 aliphatic heterocycles. The zero-order chi connectivity index (χ0) is 13.8. The van der Waals surface area contributed by atoms with Crippen LogP contribution in [0, 0.1) is 0 Å². The normalized spacial score (nSPS) is 23.4. The molecule has 1 aromatic carbocycles. The van der Waals surface area contributed by atoms with Gasteiger partial charge < -0.3 is 10.6 Å². The molecule has 104 valence electrons. The van der Waals surface area contributed by atoms with E-state index in [1.165, 1.54) is 0 Å². The molecular formula is C15H21ClN2O. The molecule has 0 aromatic heterocycles. The number of amides is 1. The van der Waals surface area contributed by atoms with Crippen LogP contribution in [0.25, 0.3) is 0 Å². The van der Waals surface area contributed by atoms with Crippen molar-refractivity contribution in [3.63, 3.8) is 0 Å². The smallest absolute Gasteiger partial charge is 0.223 e. The highest BCUT2D eigenvalue weighted by molar-refractivity contribution is 6.30. The van der Waals surface area contributed by atoms with Gasteiger partial charge in [0, 0.05) is 30.1 Å². The highest BCUT2D eigenvalue weighted by Crippen LogP contribution is 2.18. The molecule has 2 rings (SSSR count). The quantitative estimate of drug-likeness (QED) is 0.925. The minimum Gasteiger partial charge on any atom is -0.340 e. The Morgan fingerprint density at radius 3 is 2.74 bits per heavy atom. The Morgan fingerprint density at radius 2 is 2.11 bits per heavy atom. The van der Waals surface area contributed by atoms with Gasteiger partial charge in [-0.25, -0.2) is 0 Å². The van der Waals surface area contributed by atoms with E-state index in [1.54, 1.807) is 0 Å². The molecule has 0 bridgehead atoms. The molecule has 1 fully saturated rings. The van der Waals surface area contributed by atoms with E-state index in [0.717, 1.165) is 36.4 Å². The number of hydrogen-bond donors (Lipinski definition) is 1. The maximum absolute atomic E-state index is 12.2. The molecule has 2 N–H and O–H groups in total. The molecule has 19 heavy (non-hydrogen) atoms. The fourth-order valence-electron chi connectivity index (χ4n) is 2.62. The fourth-order valence-corrected chi connectivity index (χ4v) is 2.75. The standard InChI is InChI=1S/C15H21ClN2O/c1-11-10-14(17)8-9-18(11)15(19)7-4-12-2-5-13(16)6-3-12/h2-3,5-6,11,14H,4,7-10,17H2,1H3/t11-,14+/m0/s1. The Labute approximate surface area is 119 Å². The number of likely N-dealkylation sites (tertiary alicyclic amines) is 1. The Hall–Kier alpha value is -1.06. The molecule has 0 saturated carbocycles. The van der Waals surface area contributed by atoms with E-state index in [2.05, 4.69) is 6.92 Å². The van der Waals surface area contributed by atoms with Crippen molar-refractivity contribution >= 4 is 17.5 Å². The molecule has 3 nitrogen and oxygen atoms in total. The van der Waals surface area contributed by atoms with Gasteiger partial charge in [-0.1, -0.05) is 23.7 Å². The van der Waals surface area contributed by atoms with Crippen LogP contribution in [0.15, 0.2) is 24.3 Å². The first kappa shape index (κ1) is 14.4. The first-order valence-corrected chi connectivity index (χ1v) is 7.23. The van der Waals surface area contributed by atoms with Gasteiger partial charge in [0.25, 0.3) is 0 Å². The van der Waals surface area contributed by atoms with Gasteiger partial charge in [-0.15, -0.1) is 0 Å². The molecule has 1 aliphatic rings. The highest BCUT2D eigenvalue weighted by Gasteiger charge is 2.26. The number of benzene rings is 1. The topological polar surface area (TPSA) is 46.3 Å². The lowest BCUT2D eigenvalue weighted by molar-refractivity contribution is -0.134. The zero-order valence-corrected chi connectivity index (χ0v) is 12.1. The summed E-state index contributed by atoms with van der Waals surface area (Å²) in [5.74, 6) is 0.231. The lowest BCUT2D eigenvalue weighted by atomic mass is 9.98. The predicted molar refractivity (Wildman–Crippen MR) is 78.2 cm³/mol. The van der Waals surface area contributed by atoms with Crippen molar-refractivity contribution in [3.8, 4) is 0 Å². The second-order valence-corrected chi connectivity index (χ2v) is 5.78. The lowest BCUT2D eigenvalue weighted by Crippen LogP contribution is -2.48. The van der Waals surface area contributed by atoms with Gasteiger partial charge in [-0.3, -0.25) is 4.79 Å². The number of carbonyl (C=O) groups excluding carboxylic acids is 1. The summed E-state index contributed by atoms with van der Waals surface area (Å²) >= 11 is 5.84. The van der Waals surface area contributed by atoms with Gasteiger partial charge in [-0.05, 0) is 43.9 Å². The van der Waals surface area contributed by atoms with Crippen LogP contribution in [-0.2, 0) is 11.2 Å². The van der Waals surface area contributed by atoms with Crippen LogP contribution in [0.4, 0.5) is 0 Å². The minimum atomic E-state index is 0.231. The largest absolute Gasteiger partial charge is 0.340 e. The van der Waals surface area contributed by atoms with E-state index in [1.807, 2.05) is 29.2 Å². The van der Waals surface area contributed by atoms with E-state index in [0.29, 0.717) is 6.42 Å². The summed E-state index contributed by atoms with van der Waals surface area (Å²) in [6.45, 7) is 2.88. The monoisotopic (exact) mass is 280 g/mol. The molecule has 2 atom stereocenters. The van der Waals surface area contributed by atoms with Gasteiger partial charge in [-0.2, -0.15) is 0 Å². The van der Waals surface area contributed by atoms with Crippen molar-refractivity contribution in [2.45, 2.75) is 44.7 Å². The van der Waals surface area contributed by atoms with Gasteiger partial charge in [0.15, 0.2) is 0 Å². The summed E-state index contributed by atoms with van der Waals surface area (Å²) < 4.78 is 0. The van der Waals surface area contributed by atoms with Crippen molar-refractivity contribution in [2.75, 3.05) is 6.54 Å². The summed E-state index contributed by atoms with van der Waals surface area (Å²) in [4.78, 5) is 14.2. The Morgan fingerprint density at radius 1 is 1.42 bits per heavy atom. The number of nitrogens with two attached hydrogens (primary N) is 1. The van der Waals surface area contributed by atoms with Crippen LogP contribution in [0.1, 0.15) is 31.7 Å². The molecule has 1 aromatic rings. The van der Waals surface area contributed by atoms with Crippen molar-refractivity contribution < 1.29 is 4.79 Å². The Bertz CT molecular complexity index is 432. The molecular weight excluding hydrogens is 260 g/mol. The van der Waals surface area contributed by atoms with Crippen molar-refractivity contribution in [1.29, 1.82) is 0 Å². The van der Waals surface area contributed by atoms with Crippen LogP contribution in [-0.4, -0.2) is 29.4 Å². The Kier molecular flexibility index (Phi) is 4.83.